The number of hydrogen-bond donors (Lipinski definition) is 1. The summed E-state index contributed by atoms with van der Waals surface area (Å²) in [6.07, 6.45) is 7.54. The maximum Gasteiger partial charge on any atom is 0.182 e. The number of carbonyl (C=O) groups excluding carboxylic acids is 1. The second-order valence-corrected chi connectivity index (χ2v) is 6.58. The van der Waals surface area contributed by atoms with E-state index in [1.807, 2.05) is 48.5 Å². The number of rotatable bonds is 5. The van der Waals surface area contributed by atoms with Crippen molar-refractivity contribution < 1.29 is 9.90 Å². The van der Waals surface area contributed by atoms with Crippen molar-refractivity contribution in [2.45, 2.75) is 0 Å². The zero-order chi connectivity index (χ0) is 16.7. The molecule has 4 heteroatoms. The van der Waals surface area contributed by atoms with E-state index < -0.39 is 0 Å². The molecule has 0 saturated heterocycles. The zero-order valence-electron chi connectivity index (χ0n) is 12.1. The van der Waals surface area contributed by atoms with Gasteiger partial charge in [0.25, 0.3) is 0 Å². The molecule has 0 unspecified atom stereocenters. The Kier molecular flexibility index (Phi) is 6.56. The summed E-state index contributed by atoms with van der Waals surface area (Å²) < 4.78 is 1.90. The maximum absolute atomic E-state index is 11.8. The van der Waals surface area contributed by atoms with Crippen molar-refractivity contribution in [2.75, 3.05) is 0 Å². The van der Waals surface area contributed by atoms with Crippen molar-refractivity contribution in [3.8, 4) is 0 Å². The fourth-order valence-electron chi connectivity index (χ4n) is 1.82. The number of halogens is 2. The van der Waals surface area contributed by atoms with Gasteiger partial charge < -0.3 is 5.11 Å². The summed E-state index contributed by atoms with van der Waals surface area (Å²) in [6, 6.07) is 15.2. The summed E-state index contributed by atoms with van der Waals surface area (Å²) in [7, 11) is 0. The van der Waals surface area contributed by atoms with Crippen molar-refractivity contribution in [2.24, 2.45) is 0 Å². The van der Waals surface area contributed by atoms with E-state index in [0.29, 0.717) is 0 Å². The normalized spacial score (nSPS) is 12.2. The summed E-state index contributed by atoms with van der Waals surface area (Å²) in [6.45, 7) is 0. The molecule has 0 spiro atoms. The number of ketones is 1. The molecule has 0 heterocycles. The zero-order valence-corrected chi connectivity index (χ0v) is 15.3. The molecule has 0 atom stereocenters. The average Bonchev–Trinajstić information content (AvgIpc) is 2.51. The predicted molar refractivity (Wildman–Crippen MR) is 102 cm³/mol. The third-order valence-electron chi connectivity index (χ3n) is 2.87. The van der Waals surface area contributed by atoms with Crippen LogP contribution in [0.4, 0.5) is 0 Å². The van der Waals surface area contributed by atoms with Gasteiger partial charge in [-0.25, -0.2) is 0 Å². The first-order valence-electron chi connectivity index (χ1n) is 6.85. The van der Waals surface area contributed by atoms with Crippen LogP contribution >= 0.6 is 31.9 Å². The highest BCUT2D eigenvalue weighted by Crippen LogP contribution is 2.14. The van der Waals surface area contributed by atoms with Gasteiger partial charge in [0.1, 0.15) is 5.76 Å². The summed E-state index contributed by atoms with van der Waals surface area (Å²) in [5, 5.41) is 9.79. The topological polar surface area (TPSA) is 37.3 Å². The van der Waals surface area contributed by atoms with E-state index >= 15 is 0 Å². The molecule has 2 aromatic carbocycles. The lowest BCUT2D eigenvalue weighted by atomic mass is 10.2. The van der Waals surface area contributed by atoms with E-state index in [4.69, 9.17) is 0 Å². The van der Waals surface area contributed by atoms with Gasteiger partial charge in [-0.1, -0.05) is 68.3 Å². The van der Waals surface area contributed by atoms with Gasteiger partial charge in [0.15, 0.2) is 5.78 Å². The van der Waals surface area contributed by atoms with E-state index in [0.717, 1.165) is 20.1 Å². The number of hydrogen-bond acceptors (Lipinski definition) is 2. The molecular weight excluding hydrogens is 420 g/mol. The van der Waals surface area contributed by atoms with E-state index in [9.17, 15) is 9.90 Å². The predicted octanol–water partition coefficient (Wildman–Crippen LogP) is 5.95. The lowest BCUT2D eigenvalue weighted by Gasteiger charge is -1.95. The number of benzene rings is 2. The van der Waals surface area contributed by atoms with Crippen LogP contribution in [0.15, 0.2) is 81.5 Å². The van der Waals surface area contributed by atoms with Crippen LogP contribution in [0.5, 0.6) is 0 Å². The first-order valence-corrected chi connectivity index (χ1v) is 8.43. The van der Waals surface area contributed by atoms with E-state index in [1.165, 1.54) is 18.2 Å². The summed E-state index contributed by atoms with van der Waals surface area (Å²) in [4.78, 5) is 11.8. The van der Waals surface area contributed by atoms with Gasteiger partial charge in [-0.2, -0.15) is 0 Å². The van der Waals surface area contributed by atoms with Crippen LogP contribution in [-0.2, 0) is 4.79 Å². The van der Waals surface area contributed by atoms with Crippen LogP contribution in [0, 0.1) is 0 Å². The average molecular weight is 434 g/mol. The molecule has 2 aromatic rings. The first-order chi connectivity index (χ1) is 11.0. The van der Waals surface area contributed by atoms with E-state index in [2.05, 4.69) is 31.9 Å². The highest BCUT2D eigenvalue weighted by atomic mass is 79.9. The minimum absolute atomic E-state index is 0.0890. The molecule has 116 valence electrons. The van der Waals surface area contributed by atoms with Crippen LogP contribution in [-0.4, -0.2) is 10.9 Å². The molecule has 2 rings (SSSR count). The minimum Gasteiger partial charge on any atom is -0.508 e. The number of allylic oxidation sites excluding steroid dienone is 3. The fourth-order valence-corrected chi connectivity index (χ4v) is 2.66. The monoisotopic (exact) mass is 432 g/mol. The van der Waals surface area contributed by atoms with Crippen molar-refractivity contribution in [3.05, 3.63) is 92.6 Å². The molecule has 0 aliphatic heterocycles. The van der Waals surface area contributed by atoms with Gasteiger partial charge in [0.2, 0.25) is 0 Å². The molecule has 0 saturated carbocycles. The Labute approximate surface area is 152 Å². The Morgan fingerprint density at radius 1 is 0.870 bits per heavy atom. The molecule has 0 radical (unpaired) electrons. The standard InChI is InChI=1S/C19H14Br2O2/c20-16-5-1-3-14(11-16)7-9-18(22)13-19(23)10-8-15-4-2-6-17(21)12-15/h1-13,22H/b9-7+,10-8+,18-13-. The number of aliphatic hydroxyl groups excluding tert-OH is 1. The SMILES string of the molecule is O=C(/C=C(O)/C=C/c1cccc(Br)c1)/C=C/c1cccc(Br)c1. The molecular formula is C19H14Br2O2. The van der Waals surface area contributed by atoms with Crippen molar-refractivity contribution in [1.29, 1.82) is 0 Å². The molecule has 0 fully saturated rings. The highest BCUT2D eigenvalue weighted by molar-refractivity contribution is 9.10. The lowest BCUT2D eigenvalue weighted by Crippen LogP contribution is -1.88. The van der Waals surface area contributed by atoms with Gasteiger partial charge in [-0.05, 0) is 47.5 Å². The maximum atomic E-state index is 11.8. The van der Waals surface area contributed by atoms with Crippen LogP contribution in [0.1, 0.15) is 11.1 Å². The molecule has 23 heavy (non-hydrogen) atoms. The van der Waals surface area contributed by atoms with E-state index in [-0.39, 0.29) is 11.5 Å². The summed E-state index contributed by atoms with van der Waals surface area (Å²) in [5.41, 5.74) is 1.83. The first kappa shape index (κ1) is 17.4. The Bertz CT molecular complexity index is 789. The van der Waals surface area contributed by atoms with Crippen LogP contribution in [0.3, 0.4) is 0 Å². The van der Waals surface area contributed by atoms with Crippen LogP contribution in [0.25, 0.3) is 12.2 Å². The Morgan fingerprint density at radius 2 is 1.39 bits per heavy atom. The molecule has 0 amide bonds. The number of aliphatic hydroxyl groups is 1. The van der Waals surface area contributed by atoms with Crippen molar-refractivity contribution >= 4 is 49.8 Å². The largest absolute Gasteiger partial charge is 0.508 e. The summed E-state index contributed by atoms with van der Waals surface area (Å²) >= 11 is 6.75. The third-order valence-corrected chi connectivity index (χ3v) is 3.86. The molecule has 0 aliphatic carbocycles. The lowest BCUT2D eigenvalue weighted by molar-refractivity contribution is -0.110. The van der Waals surface area contributed by atoms with Gasteiger partial charge in [0, 0.05) is 15.0 Å². The van der Waals surface area contributed by atoms with Gasteiger partial charge in [-0.15, -0.1) is 0 Å². The quantitative estimate of drug-likeness (QED) is 0.359. The van der Waals surface area contributed by atoms with Crippen LogP contribution < -0.4 is 0 Å². The van der Waals surface area contributed by atoms with Crippen molar-refractivity contribution in [1.82, 2.24) is 0 Å². The second-order valence-electron chi connectivity index (χ2n) is 4.75. The Morgan fingerprint density at radius 3 is 1.91 bits per heavy atom. The fraction of sp³-hybridized carbons (Fsp3) is 0. The number of carbonyl (C=O) groups is 1. The smallest absolute Gasteiger partial charge is 0.182 e. The van der Waals surface area contributed by atoms with E-state index in [1.54, 1.807) is 12.2 Å². The summed E-state index contributed by atoms with van der Waals surface area (Å²) in [5.74, 6) is -0.366. The minimum atomic E-state index is -0.277. The third kappa shape index (κ3) is 6.38. The van der Waals surface area contributed by atoms with Gasteiger partial charge >= 0.3 is 0 Å². The molecule has 0 bridgehead atoms. The van der Waals surface area contributed by atoms with Crippen molar-refractivity contribution in [3.63, 3.8) is 0 Å². The van der Waals surface area contributed by atoms with Crippen LogP contribution in [0.2, 0.25) is 0 Å². The molecule has 0 aliphatic rings. The van der Waals surface area contributed by atoms with Gasteiger partial charge in [-0.3, -0.25) is 4.79 Å². The second kappa shape index (κ2) is 8.65. The molecule has 0 aromatic heterocycles. The molecule has 2 nitrogen and oxygen atoms in total. The molecule has 1 N–H and O–H groups in total. The highest BCUT2D eigenvalue weighted by Gasteiger charge is 1.96. The Hall–Kier alpha value is -1.91. The Balaban J connectivity index is 2.01. The van der Waals surface area contributed by atoms with Gasteiger partial charge in [0.05, 0.1) is 0 Å².